The van der Waals surface area contributed by atoms with E-state index in [4.69, 9.17) is 0 Å². The second-order valence-corrected chi connectivity index (χ2v) is 9.05. The highest BCUT2D eigenvalue weighted by atomic mass is 32.2. The lowest BCUT2D eigenvalue weighted by atomic mass is 10.1. The fourth-order valence-corrected chi connectivity index (χ4v) is 5.70. The molecule has 4 nitrogen and oxygen atoms in total. The molecule has 0 saturated heterocycles. The zero-order valence-electron chi connectivity index (χ0n) is 12.7. The van der Waals surface area contributed by atoms with Crippen LogP contribution in [0.25, 0.3) is 0 Å². The van der Waals surface area contributed by atoms with Crippen LogP contribution < -0.4 is 4.31 Å². The summed E-state index contributed by atoms with van der Waals surface area (Å²) in [6.07, 6.45) is 1.32. The average molecular weight is 349 g/mol. The summed E-state index contributed by atoms with van der Waals surface area (Å²) in [6, 6.07) is 16.9. The molecule has 1 atom stereocenters. The van der Waals surface area contributed by atoms with E-state index in [0.29, 0.717) is 22.8 Å². The Kier molecular flexibility index (Phi) is 4.82. The van der Waals surface area contributed by atoms with Crippen LogP contribution >= 0.6 is 0 Å². The fraction of sp³-hybridized carbons (Fsp3) is 0.294. The third-order valence-electron chi connectivity index (χ3n) is 3.91. The molecule has 23 heavy (non-hydrogen) atoms. The minimum Gasteiger partial charge on any atom is -0.268 e. The predicted octanol–water partition coefficient (Wildman–Crippen LogP) is 2.58. The smallest absolute Gasteiger partial charge is 0.235 e. The number of fused-ring (bicyclic) bond motifs is 1. The minimum atomic E-state index is -3.39. The van der Waals surface area contributed by atoms with Crippen molar-refractivity contribution in [2.24, 2.45) is 0 Å². The van der Waals surface area contributed by atoms with E-state index in [1.54, 1.807) is 24.3 Å². The first-order chi connectivity index (χ1) is 11.1. The highest BCUT2D eigenvalue weighted by Crippen LogP contribution is 2.30. The summed E-state index contributed by atoms with van der Waals surface area (Å²) in [7, 11) is -4.50. The van der Waals surface area contributed by atoms with Crippen LogP contribution in [0.15, 0.2) is 59.5 Å². The fourth-order valence-electron chi connectivity index (χ4n) is 2.75. The Labute approximate surface area is 139 Å². The maximum Gasteiger partial charge on any atom is 0.235 e. The molecule has 1 heterocycles. The van der Waals surface area contributed by atoms with Crippen LogP contribution in [0.5, 0.6) is 0 Å². The number of rotatable bonds is 5. The standard InChI is InChI=1S/C17H19NO3S2/c19-22-13-12-18(16-10-4-5-11-17(16)22)23(20,21)14-6-9-15-7-2-1-3-8-15/h1-5,7-8,10-11H,6,9,12-14H2. The van der Waals surface area contributed by atoms with Gasteiger partial charge in [-0.3, -0.25) is 8.51 Å². The van der Waals surface area contributed by atoms with Crippen molar-refractivity contribution in [3.63, 3.8) is 0 Å². The van der Waals surface area contributed by atoms with Gasteiger partial charge in [-0.25, -0.2) is 8.42 Å². The molecular formula is C17H19NO3S2. The Balaban J connectivity index is 1.73. The molecule has 0 radical (unpaired) electrons. The van der Waals surface area contributed by atoms with Crippen LogP contribution in [0.2, 0.25) is 0 Å². The van der Waals surface area contributed by atoms with Gasteiger partial charge in [-0.05, 0) is 30.5 Å². The van der Waals surface area contributed by atoms with Gasteiger partial charge in [-0.2, -0.15) is 0 Å². The Hall–Kier alpha value is -1.66. The molecular weight excluding hydrogens is 330 g/mol. The maximum absolute atomic E-state index is 12.7. The van der Waals surface area contributed by atoms with Crippen LogP contribution in [0.1, 0.15) is 12.0 Å². The van der Waals surface area contributed by atoms with E-state index in [0.717, 1.165) is 12.0 Å². The molecule has 3 rings (SSSR count). The molecule has 2 aromatic rings. The average Bonchev–Trinajstić information content (AvgIpc) is 2.56. The van der Waals surface area contributed by atoms with Crippen molar-refractivity contribution in [3.05, 3.63) is 60.2 Å². The number of anilines is 1. The van der Waals surface area contributed by atoms with E-state index in [2.05, 4.69) is 0 Å². The molecule has 1 aliphatic rings. The van der Waals surface area contributed by atoms with E-state index < -0.39 is 20.8 Å². The lowest BCUT2D eigenvalue weighted by molar-refractivity contribution is 0.588. The van der Waals surface area contributed by atoms with Gasteiger partial charge in [0.15, 0.2) is 0 Å². The normalized spacial score (nSPS) is 17.7. The molecule has 0 saturated carbocycles. The summed E-state index contributed by atoms with van der Waals surface area (Å²) in [5.41, 5.74) is 1.71. The Morgan fingerprint density at radius 2 is 1.70 bits per heavy atom. The Bertz CT molecular complexity index is 804. The SMILES string of the molecule is O=S1CCN(S(=O)(=O)CCCc2ccccc2)c2ccccc21. The van der Waals surface area contributed by atoms with E-state index in [1.165, 1.54) is 4.31 Å². The first-order valence-electron chi connectivity index (χ1n) is 7.60. The van der Waals surface area contributed by atoms with Gasteiger partial charge in [0.05, 0.1) is 27.1 Å². The topological polar surface area (TPSA) is 54.5 Å². The summed E-state index contributed by atoms with van der Waals surface area (Å²) < 4.78 is 38.8. The molecule has 0 amide bonds. The first kappa shape index (κ1) is 16.2. The highest BCUT2D eigenvalue weighted by Gasteiger charge is 2.29. The van der Waals surface area contributed by atoms with Gasteiger partial charge in [0.25, 0.3) is 0 Å². The van der Waals surface area contributed by atoms with Crippen molar-refractivity contribution in [3.8, 4) is 0 Å². The van der Waals surface area contributed by atoms with Crippen LogP contribution in [0.3, 0.4) is 0 Å². The number of hydrogen-bond donors (Lipinski definition) is 0. The quantitative estimate of drug-likeness (QED) is 0.834. The number of nitrogens with zero attached hydrogens (tertiary/aromatic N) is 1. The number of benzene rings is 2. The van der Waals surface area contributed by atoms with Crippen molar-refractivity contribution in [1.82, 2.24) is 0 Å². The van der Waals surface area contributed by atoms with Gasteiger partial charge in [-0.1, -0.05) is 42.5 Å². The van der Waals surface area contributed by atoms with Gasteiger partial charge >= 0.3 is 0 Å². The molecule has 0 aliphatic carbocycles. The monoisotopic (exact) mass is 349 g/mol. The highest BCUT2D eigenvalue weighted by molar-refractivity contribution is 7.93. The number of hydrogen-bond acceptors (Lipinski definition) is 3. The van der Waals surface area contributed by atoms with Crippen molar-refractivity contribution >= 4 is 26.5 Å². The van der Waals surface area contributed by atoms with Crippen molar-refractivity contribution in [2.45, 2.75) is 17.7 Å². The molecule has 122 valence electrons. The molecule has 0 bridgehead atoms. The van der Waals surface area contributed by atoms with Crippen LogP contribution in [-0.4, -0.2) is 30.7 Å². The van der Waals surface area contributed by atoms with E-state index in [-0.39, 0.29) is 12.3 Å². The lowest BCUT2D eigenvalue weighted by Crippen LogP contribution is -2.39. The van der Waals surface area contributed by atoms with E-state index in [9.17, 15) is 12.6 Å². The van der Waals surface area contributed by atoms with Gasteiger partial charge in [0.2, 0.25) is 10.0 Å². The molecule has 2 aromatic carbocycles. The molecule has 0 N–H and O–H groups in total. The van der Waals surface area contributed by atoms with Gasteiger partial charge in [-0.15, -0.1) is 0 Å². The second kappa shape index (κ2) is 6.84. The van der Waals surface area contributed by atoms with Gasteiger partial charge in [0, 0.05) is 12.3 Å². The zero-order chi connectivity index (χ0) is 16.3. The van der Waals surface area contributed by atoms with Gasteiger partial charge in [0.1, 0.15) is 0 Å². The Morgan fingerprint density at radius 3 is 2.48 bits per heavy atom. The lowest BCUT2D eigenvalue weighted by Gasteiger charge is -2.29. The predicted molar refractivity (Wildman–Crippen MR) is 93.6 cm³/mol. The van der Waals surface area contributed by atoms with Gasteiger partial charge < -0.3 is 0 Å². The summed E-state index contributed by atoms with van der Waals surface area (Å²) in [5.74, 6) is 0.456. The summed E-state index contributed by atoms with van der Waals surface area (Å²) in [5, 5.41) is 0. The summed E-state index contributed by atoms with van der Waals surface area (Å²) in [6.45, 7) is 0.289. The second-order valence-electron chi connectivity index (χ2n) is 5.49. The van der Waals surface area contributed by atoms with Crippen LogP contribution in [-0.2, 0) is 27.2 Å². The number of sulfonamides is 1. The summed E-state index contributed by atoms with van der Waals surface area (Å²) in [4.78, 5) is 0.616. The van der Waals surface area contributed by atoms with Crippen molar-refractivity contribution < 1.29 is 12.6 Å². The number of aryl methyl sites for hydroxylation is 1. The Morgan fingerprint density at radius 1 is 1.00 bits per heavy atom. The molecule has 6 heteroatoms. The third-order valence-corrected chi connectivity index (χ3v) is 7.15. The number of para-hydroxylation sites is 1. The van der Waals surface area contributed by atoms with Crippen LogP contribution in [0.4, 0.5) is 5.69 Å². The largest absolute Gasteiger partial charge is 0.268 e. The van der Waals surface area contributed by atoms with E-state index >= 15 is 0 Å². The third kappa shape index (κ3) is 3.64. The van der Waals surface area contributed by atoms with Crippen molar-refractivity contribution in [1.29, 1.82) is 0 Å². The first-order valence-corrected chi connectivity index (χ1v) is 10.5. The van der Waals surface area contributed by atoms with Crippen molar-refractivity contribution in [2.75, 3.05) is 22.4 Å². The molecule has 0 fully saturated rings. The zero-order valence-corrected chi connectivity index (χ0v) is 14.4. The molecule has 0 spiro atoms. The van der Waals surface area contributed by atoms with Crippen LogP contribution in [0, 0.1) is 0 Å². The van der Waals surface area contributed by atoms with E-state index in [1.807, 2.05) is 30.3 Å². The molecule has 1 unspecified atom stereocenters. The molecule has 0 aromatic heterocycles. The molecule has 1 aliphatic heterocycles. The summed E-state index contributed by atoms with van der Waals surface area (Å²) >= 11 is 0. The maximum atomic E-state index is 12.7. The minimum absolute atomic E-state index is 0.100.